The van der Waals surface area contributed by atoms with Crippen molar-refractivity contribution >= 4 is 44.9 Å². The Hall–Kier alpha value is -7.04. The lowest BCUT2D eigenvalue weighted by Crippen LogP contribution is -2.40. The summed E-state index contributed by atoms with van der Waals surface area (Å²) in [4.78, 5) is 10.8. The second-order valence-corrected chi connectivity index (χ2v) is 21.6. The number of rotatable bonds is 12. The van der Waals surface area contributed by atoms with E-state index in [2.05, 4.69) is 238 Å². The van der Waals surface area contributed by atoms with E-state index in [0.29, 0.717) is 35.5 Å². The van der Waals surface area contributed by atoms with Crippen molar-refractivity contribution in [2.24, 2.45) is 47.3 Å². The molecule has 10 unspecified atom stereocenters. The van der Waals surface area contributed by atoms with Gasteiger partial charge in [-0.25, -0.2) is 0 Å². The maximum absolute atomic E-state index is 2.82. The van der Waals surface area contributed by atoms with Crippen LogP contribution in [0.3, 0.4) is 0 Å². The van der Waals surface area contributed by atoms with Crippen LogP contribution in [0.15, 0.2) is 241 Å². The number of nitrogens with zero attached hydrogens (tertiary/aromatic N) is 4. The highest BCUT2D eigenvalue weighted by Gasteiger charge is 2.72. The third kappa shape index (κ3) is 6.47. The van der Waals surface area contributed by atoms with E-state index >= 15 is 0 Å². The first-order valence-electron chi connectivity index (χ1n) is 25.9. The Labute approximate surface area is 407 Å². The highest BCUT2D eigenvalue weighted by Crippen LogP contribution is 2.73. The van der Waals surface area contributed by atoms with Crippen molar-refractivity contribution in [1.29, 1.82) is 0 Å². The van der Waals surface area contributed by atoms with Gasteiger partial charge in [0.2, 0.25) is 0 Å². The summed E-state index contributed by atoms with van der Waals surface area (Å²) < 4.78 is 0. The highest BCUT2D eigenvalue weighted by atomic mass is 15.3. The molecular formula is C65H58N4. The molecule has 9 aliphatic carbocycles. The summed E-state index contributed by atoms with van der Waals surface area (Å²) in [5.41, 5.74) is 13.2. The Bertz CT molecular complexity index is 3240. The third-order valence-electron chi connectivity index (χ3n) is 17.5. The molecule has 4 nitrogen and oxygen atoms in total. The summed E-state index contributed by atoms with van der Waals surface area (Å²) in [6.07, 6.45) is 33.2. The smallest absolute Gasteiger partial charge is 0.0704 e. The largest absolute Gasteiger partial charge is 0.334 e. The van der Waals surface area contributed by atoms with Gasteiger partial charge in [-0.05, 0) is 128 Å². The molecule has 6 aromatic carbocycles. The fourth-order valence-corrected chi connectivity index (χ4v) is 13.8. The topological polar surface area (TPSA) is 13.0 Å². The van der Waals surface area contributed by atoms with Crippen LogP contribution >= 0.6 is 0 Å². The minimum absolute atomic E-state index is 0.0279. The summed E-state index contributed by atoms with van der Waals surface area (Å²) in [5.74, 6) is 4.72. The Morgan fingerprint density at radius 3 is 1.68 bits per heavy atom. The summed E-state index contributed by atoms with van der Waals surface area (Å²) in [6, 6.07) is 59.2. The molecular weight excluding hydrogens is 837 g/mol. The SMILES string of the molecule is C1=CC2(N(c3ccccc3)c3ccc(N(c4ccccc4)C45CC4C=C(N(C4=CC6CC6C=CC4)c4ccccc4)C4CC45)c4ccccc34)CC2C=C(N(C2=CC3CC3C=C2)c2ccccc2)C1. The third-order valence-corrected chi connectivity index (χ3v) is 17.5. The molecule has 15 rings (SSSR count). The van der Waals surface area contributed by atoms with E-state index in [4.69, 9.17) is 0 Å². The lowest BCUT2D eigenvalue weighted by Gasteiger charge is -2.40. The van der Waals surface area contributed by atoms with Crippen molar-refractivity contribution in [2.75, 3.05) is 19.6 Å². The number of anilines is 6. The zero-order valence-corrected chi connectivity index (χ0v) is 39.1. The van der Waals surface area contributed by atoms with E-state index in [9.17, 15) is 0 Å². The van der Waals surface area contributed by atoms with Crippen molar-refractivity contribution in [3.8, 4) is 0 Å². The Morgan fingerprint density at radius 1 is 0.435 bits per heavy atom. The van der Waals surface area contributed by atoms with Gasteiger partial charge >= 0.3 is 0 Å². The average molecular weight is 895 g/mol. The van der Waals surface area contributed by atoms with E-state index in [1.807, 2.05) is 0 Å². The zero-order chi connectivity index (χ0) is 45.3. The van der Waals surface area contributed by atoms with Crippen LogP contribution in [0.1, 0.15) is 44.9 Å². The first-order chi connectivity index (χ1) is 34.1. The quantitative estimate of drug-likeness (QED) is 0.113. The van der Waals surface area contributed by atoms with Gasteiger partial charge in [0, 0.05) is 98.3 Å². The number of fused-ring (bicyclic) bond motifs is 7. The molecule has 10 atom stereocenters. The molecule has 0 spiro atoms. The van der Waals surface area contributed by atoms with Crippen molar-refractivity contribution < 1.29 is 0 Å². The molecule has 9 aliphatic rings. The van der Waals surface area contributed by atoms with Gasteiger partial charge in [0.15, 0.2) is 0 Å². The van der Waals surface area contributed by atoms with Crippen LogP contribution in [0.5, 0.6) is 0 Å². The predicted molar refractivity (Wildman–Crippen MR) is 284 cm³/mol. The summed E-state index contributed by atoms with van der Waals surface area (Å²) in [7, 11) is 0. The highest BCUT2D eigenvalue weighted by molar-refractivity contribution is 6.05. The lowest BCUT2D eigenvalue weighted by molar-refractivity contribution is 0.502. The number of benzene rings is 6. The van der Waals surface area contributed by atoms with Crippen LogP contribution in [-0.4, -0.2) is 11.1 Å². The fourth-order valence-electron chi connectivity index (χ4n) is 13.8. The van der Waals surface area contributed by atoms with Gasteiger partial charge in [0.05, 0.1) is 11.1 Å². The predicted octanol–water partition coefficient (Wildman–Crippen LogP) is 15.6. The molecule has 0 bridgehead atoms. The van der Waals surface area contributed by atoms with Gasteiger partial charge in [-0.1, -0.05) is 152 Å². The van der Waals surface area contributed by atoms with Crippen LogP contribution in [-0.2, 0) is 0 Å². The first kappa shape index (κ1) is 39.9. The van der Waals surface area contributed by atoms with Crippen molar-refractivity contribution in [3.63, 3.8) is 0 Å². The van der Waals surface area contributed by atoms with Gasteiger partial charge in [-0.3, -0.25) is 0 Å². The molecule has 0 aliphatic heterocycles. The summed E-state index contributed by atoms with van der Waals surface area (Å²) in [5, 5.41) is 2.62. The van der Waals surface area contributed by atoms with E-state index < -0.39 is 0 Å². The van der Waals surface area contributed by atoms with Crippen LogP contribution in [0.2, 0.25) is 0 Å². The van der Waals surface area contributed by atoms with Gasteiger partial charge in [0.1, 0.15) is 0 Å². The Balaban J connectivity index is 0.828. The number of para-hydroxylation sites is 4. The minimum atomic E-state index is -0.188. The summed E-state index contributed by atoms with van der Waals surface area (Å²) >= 11 is 0. The second-order valence-electron chi connectivity index (χ2n) is 21.6. The first-order valence-corrected chi connectivity index (χ1v) is 25.9. The molecule has 0 saturated heterocycles. The number of hydrogen-bond donors (Lipinski definition) is 0. The maximum atomic E-state index is 2.82. The Kier molecular flexibility index (Phi) is 8.81. The zero-order valence-electron chi connectivity index (χ0n) is 39.1. The lowest BCUT2D eigenvalue weighted by atomic mass is 9.92. The van der Waals surface area contributed by atoms with Crippen LogP contribution in [0.4, 0.5) is 34.1 Å². The van der Waals surface area contributed by atoms with Gasteiger partial charge in [0.25, 0.3) is 0 Å². The molecule has 69 heavy (non-hydrogen) atoms. The van der Waals surface area contributed by atoms with Crippen molar-refractivity contribution in [1.82, 2.24) is 0 Å². The molecule has 338 valence electrons. The second kappa shape index (κ2) is 15.2. The van der Waals surface area contributed by atoms with E-state index in [0.717, 1.165) is 31.1 Å². The standard InChI is InChI=1S/C65H58N4/c1-5-18-50(19-6-1)66(56-31-30-45-36-47(45)38-56)55-27-16-34-64(42-48(64)39-55)68(52-22-9-3-10-23-52)61-32-33-62(58-29-14-13-28-57(58)61)69(53-24-11-4-12-25-53)65-43-49(65)40-63(59-41-60(59)65)67(51-20-7-2-8-21-51)54-26-15-17-44-35-46(44)37-54/h1-25,28-34,37-40,44-49,59-60H,26-27,35-36,41-43H2. The molecule has 5 saturated carbocycles. The van der Waals surface area contributed by atoms with Crippen molar-refractivity contribution in [2.45, 2.75) is 56.0 Å². The molecule has 0 amide bonds. The summed E-state index contributed by atoms with van der Waals surface area (Å²) in [6.45, 7) is 0. The monoisotopic (exact) mass is 894 g/mol. The van der Waals surface area contributed by atoms with Crippen molar-refractivity contribution in [3.05, 3.63) is 241 Å². The fraction of sp³-hybridized carbons (Fsp3) is 0.262. The van der Waals surface area contributed by atoms with Crippen LogP contribution < -0.4 is 19.6 Å². The maximum Gasteiger partial charge on any atom is 0.0704 e. The molecule has 0 heterocycles. The van der Waals surface area contributed by atoms with Gasteiger partial charge in [-0.15, -0.1) is 0 Å². The molecule has 6 aromatic rings. The minimum Gasteiger partial charge on any atom is -0.334 e. The normalized spacial score (nSPS) is 31.1. The Morgan fingerprint density at radius 2 is 1.00 bits per heavy atom. The van der Waals surface area contributed by atoms with Gasteiger partial charge < -0.3 is 19.6 Å². The average Bonchev–Trinajstić information content (AvgIpc) is 4.12. The van der Waals surface area contributed by atoms with Gasteiger partial charge in [-0.2, -0.15) is 0 Å². The van der Waals surface area contributed by atoms with E-state index in [1.54, 1.807) is 0 Å². The van der Waals surface area contributed by atoms with E-state index in [-0.39, 0.29) is 11.1 Å². The van der Waals surface area contributed by atoms with Crippen LogP contribution in [0, 0.1) is 47.3 Å². The molecule has 0 N–H and O–H groups in total. The molecule has 5 fully saturated rings. The molecule has 0 radical (unpaired) electrons. The number of allylic oxidation sites excluding steroid dienone is 8. The molecule has 0 aromatic heterocycles. The van der Waals surface area contributed by atoms with E-state index in [1.165, 1.54) is 93.4 Å². The molecule has 4 heteroatoms. The number of hydrogen-bond acceptors (Lipinski definition) is 4. The van der Waals surface area contributed by atoms with Crippen LogP contribution in [0.25, 0.3) is 10.8 Å².